The molecule has 4 heterocycles. The van der Waals surface area contributed by atoms with Crippen LogP contribution in [0.25, 0.3) is 10.2 Å². The van der Waals surface area contributed by atoms with E-state index in [-0.39, 0.29) is 11.7 Å². The van der Waals surface area contributed by atoms with Crippen LogP contribution in [0.5, 0.6) is 0 Å². The van der Waals surface area contributed by atoms with E-state index in [1.54, 1.807) is 12.4 Å². The van der Waals surface area contributed by atoms with Crippen molar-refractivity contribution in [2.24, 2.45) is 16.5 Å². The molecule has 4 rings (SSSR count). The molecule has 26 heavy (non-hydrogen) atoms. The van der Waals surface area contributed by atoms with Gasteiger partial charge >= 0.3 is 0 Å². The normalized spacial score (nSPS) is 23.4. The third kappa shape index (κ3) is 3.63. The van der Waals surface area contributed by atoms with Crippen molar-refractivity contribution in [2.75, 3.05) is 31.2 Å². The van der Waals surface area contributed by atoms with Gasteiger partial charge in [-0.3, -0.25) is 0 Å². The van der Waals surface area contributed by atoms with Gasteiger partial charge in [-0.15, -0.1) is 11.3 Å². The quantitative estimate of drug-likeness (QED) is 0.856. The van der Waals surface area contributed by atoms with Gasteiger partial charge in [-0.2, -0.15) is 0 Å². The lowest BCUT2D eigenvalue weighted by Crippen LogP contribution is -2.45. The van der Waals surface area contributed by atoms with Gasteiger partial charge in [0, 0.05) is 24.4 Å². The van der Waals surface area contributed by atoms with E-state index < -0.39 is 11.0 Å². The highest BCUT2D eigenvalue weighted by Crippen LogP contribution is 2.36. The molecule has 2 fully saturated rings. The summed E-state index contributed by atoms with van der Waals surface area (Å²) in [5.74, 6) is 1.32. The number of fused-ring (bicyclic) bond motifs is 1. The maximum Gasteiger partial charge on any atom is 0.160 e. The Kier molecular flexibility index (Phi) is 5.00. The van der Waals surface area contributed by atoms with Crippen molar-refractivity contribution in [3.63, 3.8) is 0 Å². The maximum atomic E-state index is 11.6. The average molecular weight is 397 g/mol. The molecule has 0 bridgehead atoms. The van der Waals surface area contributed by atoms with Crippen molar-refractivity contribution >= 4 is 38.4 Å². The molecular formula is C17H24N4O3S2. The Hall–Kier alpha value is -1.13. The Morgan fingerprint density at radius 1 is 1.27 bits per heavy atom. The monoisotopic (exact) mass is 396 g/mol. The standard InChI is InChI=1S/C17H24N4O3S2/c1-17(2)8-23-16(24-9-17)11-3-5-21(6-4-11)15-14-12(19-10-20-15)7-13(25-14)26(18)22/h7,10-11,16H,3-6,8-9,18H2,1-2H3. The second-order valence-corrected chi connectivity index (χ2v) is 10.1. The van der Waals surface area contributed by atoms with Crippen molar-refractivity contribution in [3.05, 3.63) is 12.4 Å². The zero-order chi connectivity index (χ0) is 18.3. The third-order valence-electron chi connectivity index (χ3n) is 4.97. The highest BCUT2D eigenvalue weighted by molar-refractivity contribution is 7.85. The number of nitrogens with zero attached hydrogens (tertiary/aromatic N) is 3. The molecule has 7 nitrogen and oxygen atoms in total. The molecule has 2 N–H and O–H groups in total. The summed E-state index contributed by atoms with van der Waals surface area (Å²) in [6.45, 7) is 7.60. The number of nitrogens with two attached hydrogens (primary N) is 1. The fourth-order valence-electron chi connectivity index (χ4n) is 3.51. The number of piperidine rings is 1. The Morgan fingerprint density at radius 2 is 1.96 bits per heavy atom. The van der Waals surface area contributed by atoms with E-state index in [0.717, 1.165) is 55.2 Å². The lowest BCUT2D eigenvalue weighted by atomic mass is 9.92. The largest absolute Gasteiger partial charge is 0.355 e. The van der Waals surface area contributed by atoms with Gasteiger partial charge in [0.1, 0.15) is 27.3 Å². The summed E-state index contributed by atoms with van der Waals surface area (Å²) >= 11 is 1.41. The van der Waals surface area contributed by atoms with Gasteiger partial charge in [-0.1, -0.05) is 13.8 Å². The molecule has 1 atom stereocenters. The molecule has 0 saturated carbocycles. The van der Waals surface area contributed by atoms with Crippen LogP contribution in [0.3, 0.4) is 0 Å². The molecule has 0 aromatic carbocycles. The van der Waals surface area contributed by atoms with E-state index >= 15 is 0 Å². The second-order valence-electron chi connectivity index (χ2n) is 7.75. The summed E-state index contributed by atoms with van der Waals surface area (Å²) in [6.07, 6.45) is 3.47. The van der Waals surface area contributed by atoms with Crippen molar-refractivity contribution in [1.29, 1.82) is 0 Å². The SMILES string of the molecule is CC1(C)COC(C2CCN(c3ncnc4cc(S(N)=O)sc34)CC2)OC1. The summed E-state index contributed by atoms with van der Waals surface area (Å²) < 4.78 is 25.1. The van der Waals surface area contributed by atoms with E-state index in [9.17, 15) is 4.21 Å². The van der Waals surface area contributed by atoms with Crippen LogP contribution in [0.2, 0.25) is 0 Å². The van der Waals surface area contributed by atoms with Crippen LogP contribution in [0.1, 0.15) is 26.7 Å². The average Bonchev–Trinajstić information content (AvgIpc) is 3.07. The van der Waals surface area contributed by atoms with Crippen LogP contribution in [0.4, 0.5) is 5.82 Å². The molecule has 2 aliphatic rings. The number of hydrogen-bond donors (Lipinski definition) is 1. The molecule has 9 heteroatoms. The predicted octanol–water partition coefficient (Wildman–Crippen LogP) is 2.29. The third-order valence-corrected chi connectivity index (χ3v) is 7.14. The van der Waals surface area contributed by atoms with Gasteiger partial charge in [0.2, 0.25) is 0 Å². The van der Waals surface area contributed by atoms with E-state index in [1.165, 1.54) is 11.3 Å². The minimum Gasteiger partial charge on any atom is -0.355 e. The minimum absolute atomic E-state index is 0.0939. The van der Waals surface area contributed by atoms with Gasteiger partial charge in [0.25, 0.3) is 0 Å². The summed E-state index contributed by atoms with van der Waals surface area (Å²) in [5, 5.41) is 5.52. The molecule has 142 valence electrons. The van der Waals surface area contributed by atoms with Crippen LogP contribution in [-0.2, 0) is 20.5 Å². The zero-order valence-electron chi connectivity index (χ0n) is 15.0. The van der Waals surface area contributed by atoms with Crippen LogP contribution < -0.4 is 10.0 Å². The van der Waals surface area contributed by atoms with Crippen LogP contribution in [-0.4, -0.2) is 46.8 Å². The molecule has 2 aromatic heterocycles. The van der Waals surface area contributed by atoms with Crippen LogP contribution in [0.15, 0.2) is 16.6 Å². The summed E-state index contributed by atoms with van der Waals surface area (Å²) in [7, 11) is -1.49. The molecule has 2 aliphatic heterocycles. The van der Waals surface area contributed by atoms with Gasteiger partial charge in [0.05, 0.1) is 23.4 Å². The van der Waals surface area contributed by atoms with Crippen LogP contribution in [0, 0.1) is 11.3 Å². The van der Waals surface area contributed by atoms with E-state index in [1.807, 2.05) is 0 Å². The Balaban J connectivity index is 1.45. The molecule has 1 unspecified atom stereocenters. The topological polar surface area (TPSA) is 90.6 Å². The van der Waals surface area contributed by atoms with Crippen molar-refractivity contribution in [2.45, 2.75) is 37.2 Å². The van der Waals surface area contributed by atoms with E-state index in [0.29, 0.717) is 10.1 Å². The van der Waals surface area contributed by atoms with E-state index in [4.69, 9.17) is 14.6 Å². The first-order valence-corrected chi connectivity index (χ1v) is 10.8. The summed E-state index contributed by atoms with van der Waals surface area (Å²) in [4.78, 5) is 11.0. The second kappa shape index (κ2) is 7.12. The summed E-state index contributed by atoms with van der Waals surface area (Å²) in [5.41, 5.74) is 0.904. The summed E-state index contributed by atoms with van der Waals surface area (Å²) in [6, 6.07) is 1.79. The zero-order valence-corrected chi connectivity index (χ0v) is 16.6. The highest BCUT2D eigenvalue weighted by Gasteiger charge is 2.35. The first-order valence-electron chi connectivity index (χ1n) is 8.82. The fraction of sp³-hybridized carbons (Fsp3) is 0.647. The Bertz CT molecular complexity index is 807. The van der Waals surface area contributed by atoms with Gasteiger partial charge in [0.15, 0.2) is 6.29 Å². The van der Waals surface area contributed by atoms with Gasteiger partial charge in [-0.25, -0.2) is 19.3 Å². The number of aromatic nitrogens is 2. The number of thiophene rings is 1. The molecule has 0 radical (unpaired) electrons. The fourth-order valence-corrected chi connectivity index (χ4v) is 5.17. The van der Waals surface area contributed by atoms with Crippen molar-refractivity contribution in [1.82, 2.24) is 9.97 Å². The first-order chi connectivity index (χ1) is 12.4. The molecule has 2 aromatic rings. The lowest BCUT2D eigenvalue weighted by Gasteiger charge is -2.41. The van der Waals surface area contributed by atoms with Gasteiger partial charge in [-0.05, 0) is 18.9 Å². The van der Waals surface area contributed by atoms with Crippen molar-refractivity contribution in [3.8, 4) is 0 Å². The van der Waals surface area contributed by atoms with Crippen LogP contribution >= 0.6 is 11.3 Å². The molecule has 0 aliphatic carbocycles. The Labute approximate surface area is 159 Å². The molecule has 0 amide bonds. The molecule has 0 spiro atoms. The van der Waals surface area contributed by atoms with E-state index in [2.05, 4.69) is 28.7 Å². The van der Waals surface area contributed by atoms with Crippen molar-refractivity contribution < 1.29 is 13.7 Å². The molecular weight excluding hydrogens is 372 g/mol. The first kappa shape index (κ1) is 18.2. The van der Waals surface area contributed by atoms with Gasteiger partial charge < -0.3 is 14.4 Å². The number of rotatable bonds is 3. The smallest absolute Gasteiger partial charge is 0.160 e. The number of ether oxygens (including phenoxy) is 2. The minimum atomic E-state index is -1.49. The number of hydrogen-bond acceptors (Lipinski definition) is 7. The maximum absolute atomic E-state index is 11.6. The lowest BCUT2D eigenvalue weighted by molar-refractivity contribution is -0.245. The Morgan fingerprint density at radius 3 is 2.62 bits per heavy atom. The highest BCUT2D eigenvalue weighted by atomic mass is 32.2. The predicted molar refractivity (Wildman–Crippen MR) is 102 cm³/mol. The number of anilines is 1. The molecule has 2 saturated heterocycles.